The van der Waals surface area contributed by atoms with Gasteiger partial charge in [-0.1, -0.05) is 0 Å². The predicted molar refractivity (Wildman–Crippen MR) is 66.4 cm³/mol. The minimum absolute atomic E-state index is 0.168. The van der Waals surface area contributed by atoms with Gasteiger partial charge in [-0.25, -0.2) is 4.79 Å². The number of aliphatic carboxylic acids is 1. The Morgan fingerprint density at radius 1 is 1.33 bits per heavy atom. The zero-order valence-corrected chi connectivity index (χ0v) is 11.2. The second-order valence-electron chi connectivity index (χ2n) is 5.80. The number of likely N-dealkylation sites (tertiary alicyclic amines) is 1. The Kier molecular flexibility index (Phi) is 3.67. The van der Waals surface area contributed by atoms with Gasteiger partial charge in [0.05, 0.1) is 5.60 Å². The van der Waals surface area contributed by atoms with Crippen molar-refractivity contribution >= 4 is 5.97 Å². The molecule has 104 valence electrons. The summed E-state index contributed by atoms with van der Waals surface area (Å²) in [5.41, 5.74) is -1.66. The van der Waals surface area contributed by atoms with Crippen LogP contribution < -0.4 is 0 Å². The number of aliphatic hydroxyl groups is 1. The predicted octanol–water partition coefficient (Wildman–Crippen LogP) is 0.855. The number of methoxy groups -OCH3 is 1. The highest BCUT2D eigenvalue weighted by molar-refractivity contribution is 5.77. The first-order valence-corrected chi connectivity index (χ1v) is 6.66. The molecule has 2 aliphatic rings. The highest BCUT2D eigenvalue weighted by Crippen LogP contribution is 2.36. The van der Waals surface area contributed by atoms with E-state index < -0.39 is 17.2 Å². The summed E-state index contributed by atoms with van der Waals surface area (Å²) in [4.78, 5) is 13.5. The quantitative estimate of drug-likeness (QED) is 0.784. The highest BCUT2D eigenvalue weighted by Gasteiger charge is 2.47. The van der Waals surface area contributed by atoms with E-state index in [0.717, 1.165) is 19.3 Å². The Morgan fingerprint density at radius 2 is 1.94 bits per heavy atom. The number of carboxylic acid groups (broad SMARTS) is 1. The van der Waals surface area contributed by atoms with Gasteiger partial charge in [-0.2, -0.15) is 0 Å². The Hall–Kier alpha value is -0.650. The first-order chi connectivity index (χ1) is 8.41. The van der Waals surface area contributed by atoms with Crippen molar-refractivity contribution in [2.24, 2.45) is 0 Å². The maximum absolute atomic E-state index is 11.3. The van der Waals surface area contributed by atoms with Crippen LogP contribution in [0.25, 0.3) is 0 Å². The summed E-state index contributed by atoms with van der Waals surface area (Å²) >= 11 is 0. The molecule has 0 radical (unpaired) electrons. The van der Waals surface area contributed by atoms with Crippen molar-refractivity contribution in [2.45, 2.75) is 56.3 Å². The standard InChI is InChI=1S/C13H23NO4/c1-12(17)5-3-4-10(12)14-8-6-13(18-2,7-9-14)11(15)16/h10,17H,3-9H2,1-2H3,(H,15,16). The molecule has 0 aromatic rings. The fraction of sp³-hybridized carbons (Fsp3) is 0.923. The average molecular weight is 257 g/mol. The van der Waals surface area contributed by atoms with Crippen molar-refractivity contribution in [1.82, 2.24) is 4.90 Å². The first kappa shape index (κ1) is 13.8. The SMILES string of the molecule is COC1(C(=O)O)CCN(C2CCCC2(C)O)CC1. The van der Waals surface area contributed by atoms with Crippen molar-refractivity contribution in [3.63, 3.8) is 0 Å². The number of hydrogen-bond donors (Lipinski definition) is 2. The molecule has 18 heavy (non-hydrogen) atoms. The molecule has 1 heterocycles. The molecule has 2 atom stereocenters. The lowest BCUT2D eigenvalue weighted by atomic mass is 9.88. The van der Waals surface area contributed by atoms with Gasteiger partial charge in [0, 0.05) is 26.2 Å². The molecule has 0 amide bonds. The zero-order chi connectivity index (χ0) is 13.4. The normalized spacial score (nSPS) is 36.7. The Labute approximate surface area is 108 Å². The topological polar surface area (TPSA) is 70.0 Å². The molecule has 2 rings (SSSR count). The molecule has 2 fully saturated rings. The van der Waals surface area contributed by atoms with E-state index >= 15 is 0 Å². The van der Waals surface area contributed by atoms with Crippen LogP contribution in [0, 0.1) is 0 Å². The van der Waals surface area contributed by atoms with Crippen LogP contribution >= 0.6 is 0 Å². The molecule has 0 spiro atoms. The van der Waals surface area contributed by atoms with E-state index in [-0.39, 0.29) is 6.04 Å². The molecule has 0 aromatic carbocycles. The van der Waals surface area contributed by atoms with Crippen LogP contribution in [0.2, 0.25) is 0 Å². The van der Waals surface area contributed by atoms with E-state index in [1.54, 1.807) is 0 Å². The van der Waals surface area contributed by atoms with E-state index in [2.05, 4.69) is 4.90 Å². The zero-order valence-electron chi connectivity index (χ0n) is 11.2. The van der Waals surface area contributed by atoms with E-state index in [0.29, 0.717) is 25.9 Å². The van der Waals surface area contributed by atoms with Crippen molar-refractivity contribution in [2.75, 3.05) is 20.2 Å². The number of piperidine rings is 1. The first-order valence-electron chi connectivity index (χ1n) is 6.66. The summed E-state index contributed by atoms with van der Waals surface area (Å²) in [6, 6.07) is 0.168. The second-order valence-corrected chi connectivity index (χ2v) is 5.80. The monoisotopic (exact) mass is 257 g/mol. The molecule has 1 aliphatic carbocycles. The number of rotatable bonds is 3. The second kappa shape index (κ2) is 4.79. The third-order valence-corrected chi connectivity index (χ3v) is 4.71. The third kappa shape index (κ3) is 2.27. The lowest BCUT2D eigenvalue weighted by molar-refractivity contribution is -0.170. The molecule has 1 saturated heterocycles. The molecular weight excluding hydrogens is 234 g/mol. The Bertz CT molecular complexity index is 321. The number of hydrogen-bond acceptors (Lipinski definition) is 4. The fourth-order valence-corrected chi connectivity index (χ4v) is 3.41. The van der Waals surface area contributed by atoms with E-state index in [4.69, 9.17) is 4.74 Å². The number of nitrogens with zero attached hydrogens (tertiary/aromatic N) is 1. The maximum Gasteiger partial charge on any atom is 0.336 e. The van der Waals surface area contributed by atoms with Crippen molar-refractivity contribution in [3.05, 3.63) is 0 Å². The van der Waals surface area contributed by atoms with Gasteiger partial charge in [0.25, 0.3) is 0 Å². The van der Waals surface area contributed by atoms with Gasteiger partial charge in [0.2, 0.25) is 0 Å². The lowest BCUT2D eigenvalue weighted by Gasteiger charge is -2.43. The van der Waals surface area contributed by atoms with Crippen molar-refractivity contribution < 1.29 is 19.7 Å². The van der Waals surface area contributed by atoms with Crippen LogP contribution in [0.5, 0.6) is 0 Å². The van der Waals surface area contributed by atoms with Gasteiger partial charge in [0.15, 0.2) is 5.60 Å². The van der Waals surface area contributed by atoms with Crippen LogP contribution in [0.3, 0.4) is 0 Å². The molecule has 0 bridgehead atoms. The van der Waals surface area contributed by atoms with Crippen molar-refractivity contribution in [3.8, 4) is 0 Å². The largest absolute Gasteiger partial charge is 0.479 e. The van der Waals surface area contributed by atoms with Gasteiger partial charge in [-0.05, 0) is 39.0 Å². The van der Waals surface area contributed by atoms with Gasteiger partial charge >= 0.3 is 5.97 Å². The van der Waals surface area contributed by atoms with Crippen LogP contribution in [0.1, 0.15) is 39.0 Å². The molecular formula is C13H23NO4. The molecule has 2 unspecified atom stereocenters. The van der Waals surface area contributed by atoms with Gasteiger partial charge in [0.1, 0.15) is 0 Å². The summed E-state index contributed by atoms with van der Waals surface area (Å²) in [5.74, 6) is -0.872. The highest BCUT2D eigenvalue weighted by atomic mass is 16.5. The average Bonchev–Trinajstić information content (AvgIpc) is 2.69. The van der Waals surface area contributed by atoms with Crippen molar-refractivity contribution in [1.29, 1.82) is 0 Å². The smallest absolute Gasteiger partial charge is 0.336 e. The molecule has 0 aromatic heterocycles. The summed E-state index contributed by atoms with van der Waals surface area (Å²) in [6.45, 7) is 3.25. The lowest BCUT2D eigenvalue weighted by Crippen LogP contribution is -2.56. The minimum Gasteiger partial charge on any atom is -0.479 e. The van der Waals surface area contributed by atoms with E-state index in [1.165, 1.54) is 7.11 Å². The van der Waals surface area contributed by atoms with Crippen LogP contribution in [0.15, 0.2) is 0 Å². The molecule has 1 aliphatic heterocycles. The number of carbonyl (C=O) groups is 1. The maximum atomic E-state index is 11.3. The van der Waals surface area contributed by atoms with E-state index in [1.807, 2.05) is 6.92 Å². The van der Waals surface area contributed by atoms with Gasteiger partial charge < -0.3 is 14.9 Å². The summed E-state index contributed by atoms with van der Waals surface area (Å²) in [5, 5.41) is 19.6. The van der Waals surface area contributed by atoms with Crippen LogP contribution in [-0.2, 0) is 9.53 Å². The minimum atomic E-state index is -1.03. The Morgan fingerprint density at radius 3 is 2.33 bits per heavy atom. The molecule has 2 N–H and O–H groups in total. The summed E-state index contributed by atoms with van der Waals surface area (Å²) in [6.07, 6.45) is 3.86. The fourth-order valence-electron chi connectivity index (χ4n) is 3.41. The molecule has 5 heteroatoms. The van der Waals surface area contributed by atoms with Gasteiger partial charge in [-0.15, -0.1) is 0 Å². The number of ether oxygens (including phenoxy) is 1. The molecule has 5 nitrogen and oxygen atoms in total. The number of carboxylic acids is 1. The van der Waals surface area contributed by atoms with E-state index in [9.17, 15) is 15.0 Å². The summed E-state index contributed by atoms with van der Waals surface area (Å²) < 4.78 is 5.21. The summed E-state index contributed by atoms with van der Waals surface area (Å²) in [7, 11) is 1.47. The van der Waals surface area contributed by atoms with Crippen LogP contribution in [-0.4, -0.2) is 58.5 Å². The third-order valence-electron chi connectivity index (χ3n) is 4.71. The molecule has 1 saturated carbocycles. The van der Waals surface area contributed by atoms with Gasteiger partial charge in [-0.3, -0.25) is 4.90 Å². The Balaban J connectivity index is 2.00. The van der Waals surface area contributed by atoms with Crippen LogP contribution in [0.4, 0.5) is 0 Å².